The first-order chi connectivity index (χ1) is 23.3. The van der Waals surface area contributed by atoms with Crippen LogP contribution in [0.25, 0.3) is 22.3 Å². The molecule has 0 amide bonds. The molecular formula is C31H41ClF2N10O5Si. The zero-order valence-corrected chi connectivity index (χ0v) is 30.2. The predicted octanol–water partition coefficient (Wildman–Crippen LogP) is 3.03. The average Bonchev–Trinajstić information content (AvgIpc) is 3.80. The number of imidazole rings is 2. The van der Waals surface area contributed by atoms with Gasteiger partial charge in [0.05, 0.1) is 25.4 Å². The molecule has 0 spiro atoms. The number of anilines is 2. The van der Waals surface area contributed by atoms with E-state index in [0.29, 0.717) is 11.5 Å². The standard InChI is InChI=1S/C13H14FN5O2.C12H12FN5O3.C6H15ClSi/c1-3-13(4-2)7(20)5-8(21-13)19-6-16-9-10(15)17-12(14)18-11(9)19;1-2-12(4-19)6(20)3-7(21-12)18-5-15-8-9(14)16-11(13)17-10(8)18;1-6(2,3)8(4,5)7/h1,6-8,20H,4-5H2,2H3,(H2,15,17,18);1,5-7,19-20H,3-4H2,(H2,14,16,17);1-5H3/t7-,8+,13+;6-,7+,12+;/m00./s1. The first kappa shape index (κ1) is 38.8. The normalized spacial score (nSPS) is 26.5. The number of nitrogen functional groups attached to an aromatic ring is 2. The van der Waals surface area contributed by atoms with Crippen LogP contribution in [0.4, 0.5) is 20.4 Å². The van der Waals surface area contributed by atoms with Crippen LogP contribution in [0.1, 0.15) is 59.4 Å². The molecule has 4 aromatic heterocycles. The van der Waals surface area contributed by atoms with Gasteiger partial charge < -0.3 is 36.3 Å². The van der Waals surface area contributed by atoms with Gasteiger partial charge in [-0.25, -0.2) is 9.97 Å². The van der Waals surface area contributed by atoms with Gasteiger partial charge in [0.25, 0.3) is 0 Å². The Bertz CT molecular complexity index is 1800. The molecule has 6 rings (SSSR count). The highest BCUT2D eigenvalue weighted by Crippen LogP contribution is 2.41. The third kappa shape index (κ3) is 7.37. The van der Waals surface area contributed by atoms with Crippen LogP contribution in [0.15, 0.2) is 12.7 Å². The number of rotatable bonds is 4. The molecule has 2 fully saturated rings. The highest BCUT2D eigenvalue weighted by molar-refractivity contribution is 7.20. The second-order valence-electron chi connectivity index (χ2n) is 13.4. The van der Waals surface area contributed by atoms with E-state index in [1.165, 1.54) is 21.8 Å². The highest BCUT2D eigenvalue weighted by Gasteiger charge is 2.48. The number of nitrogens with zero attached hydrogens (tertiary/aromatic N) is 8. The molecule has 50 heavy (non-hydrogen) atoms. The van der Waals surface area contributed by atoms with Crippen LogP contribution < -0.4 is 11.5 Å². The molecule has 15 nitrogen and oxygen atoms in total. The van der Waals surface area contributed by atoms with Crippen molar-refractivity contribution in [3.05, 3.63) is 24.8 Å². The van der Waals surface area contributed by atoms with Crippen LogP contribution in [0.2, 0.25) is 18.1 Å². The van der Waals surface area contributed by atoms with Crippen LogP contribution in [0.3, 0.4) is 0 Å². The Kier molecular flexibility index (Phi) is 11.1. The summed E-state index contributed by atoms with van der Waals surface area (Å²) in [5, 5.41) is 29.8. The van der Waals surface area contributed by atoms with E-state index in [9.17, 15) is 24.1 Å². The van der Waals surface area contributed by atoms with Crippen molar-refractivity contribution in [3.63, 3.8) is 0 Å². The van der Waals surface area contributed by atoms with Gasteiger partial charge in [-0.05, 0) is 11.5 Å². The summed E-state index contributed by atoms with van der Waals surface area (Å²) in [5.41, 5.74) is 9.46. The van der Waals surface area contributed by atoms with Gasteiger partial charge in [0.2, 0.25) is 0 Å². The molecule has 2 aliphatic heterocycles. The van der Waals surface area contributed by atoms with E-state index in [0.717, 1.165) is 0 Å². The summed E-state index contributed by atoms with van der Waals surface area (Å²) in [6, 6.07) is 0. The van der Waals surface area contributed by atoms with Crippen LogP contribution in [-0.4, -0.2) is 91.8 Å². The monoisotopic (exact) mass is 734 g/mol. The number of aliphatic hydroxyl groups is 3. The molecule has 19 heteroatoms. The minimum atomic E-state index is -1.50. The van der Waals surface area contributed by atoms with Gasteiger partial charge in [0, 0.05) is 12.8 Å². The second kappa shape index (κ2) is 14.3. The molecule has 6 heterocycles. The lowest BCUT2D eigenvalue weighted by Gasteiger charge is -2.29. The largest absolute Gasteiger partial charge is 0.392 e. The van der Waals surface area contributed by atoms with Crippen molar-refractivity contribution < 1.29 is 33.6 Å². The number of hydrogen-bond donors (Lipinski definition) is 5. The van der Waals surface area contributed by atoms with Gasteiger partial charge in [-0.3, -0.25) is 9.13 Å². The van der Waals surface area contributed by atoms with Crippen LogP contribution >= 0.6 is 11.1 Å². The first-order valence-corrected chi connectivity index (χ1v) is 19.6. The fourth-order valence-electron chi connectivity index (χ4n) is 4.95. The molecule has 0 aromatic carbocycles. The van der Waals surface area contributed by atoms with E-state index in [4.69, 9.17) is 44.9 Å². The number of aromatic nitrogens is 8. The summed E-state index contributed by atoms with van der Waals surface area (Å²) in [7, 11) is -1.39. The molecule has 4 aromatic rings. The van der Waals surface area contributed by atoms with Gasteiger partial charge in [0.1, 0.15) is 18.6 Å². The predicted molar refractivity (Wildman–Crippen MR) is 184 cm³/mol. The van der Waals surface area contributed by atoms with Gasteiger partial charge in [-0.2, -0.15) is 39.8 Å². The summed E-state index contributed by atoms with van der Waals surface area (Å²) in [5.74, 6) is 4.61. The maximum Gasteiger partial charge on any atom is 0.312 e. The van der Waals surface area contributed by atoms with E-state index < -0.39 is 62.0 Å². The van der Waals surface area contributed by atoms with Gasteiger partial charge in [-0.1, -0.05) is 52.6 Å². The van der Waals surface area contributed by atoms with Crippen LogP contribution in [0.5, 0.6) is 0 Å². The Balaban J connectivity index is 0.000000186. The number of terminal acetylenes is 2. The number of nitrogens with two attached hydrogens (primary N) is 2. The van der Waals surface area contributed by atoms with Gasteiger partial charge in [0.15, 0.2) is 52.5 Å². The molecular weight excluding hydrogens is 694 g/mol. The molecule has 0 saturated carbocycles. The van der Waals surface area contributed by atoms with Crippen molar-refractivity contribution in [1.29, 1.82) is 0 Å². The molecule has 6 atom stereocenters. The lowest BCUT2D eigenvalue weighted by Crippen LogP contribution is -2.41. The summed E-state index contributed by atoms with van der Waals surface area (Å²) < 4.78 is 40.9. The topological polar surface area (TPSA) is 218 Å². The molecule has 2 saturated heterocycles. The number of fused-ring (bicyclic) bond motifs is 2. The Morgan fingerprint density at radius 1 is 0.900 bits per heavy atom. The second-order valence-corrected chi connectivity index (χ2v) is 20.6. The number of ether oxygens (including phenoxy) is 2. The van der Waals surface area contributed by atoms with Gasteiger partial charge in [-0.15, -0.1) is 12.8 Å². The van der Waals surface area contributed by atoms with Crippen LogP contribution in [0, 0.1) is 36.8 Å². The SMILES string of the molecule is C#C[C@]1(CC)O[C@@H](n2cnc3c(N)nc(F)nc32)C[C@@H]1O.C#C[C@]1(CO)O[C@@H](n2cnc3c(N)nc(F)nc32)C[C@@H]1O.CC(C)(C)[Si](C)(C)Cl. The Morgan fingerprint density at radius 2 is 1.28 bits per heavy atom. The van der Waals surface area contributed by atoms with E-state index >= 15 is 0 Å². The fraction of sp³-hybridized carbons (Fsp3) is 0.548. The summed E-state index contributed by atoms with van der Waals surface area (Å²) in [6.45, 7) is 12.2. The minimum Gasteiger partial charge on any atom is -0.392 e. The maximum absolute atomic E-state index is 13.3. The molecule has 270 valence electrons. The van der Waals surface area contributed by atoms with Crippen LogP contribution in [-0.2, 0) is 9.47 Å². The summed E-state index contributed by atoms with van der Waals surface area (Å²) >= 11 is 6.15. The molecule has 0 bridgehead atoms. The van der Waals surface area contributed by atoms with E-state index in [-0.39, 0.29) is 46.8 Å². The molecule has 0 aliphatic carbocycles. The number of aliphatic hydroxyl groups excluding tert-OH is 3. The van der Waals surface area contributed by atoms with Crippen molar-refractivity contribution in [2.24, 2.45) is 0 Å². The van der Waals surface area contributed by atoms with Crippen molar-refractivity contribution in [2.75, 3.05) is 18.1 Å². The maximum atomic E-state index is 13.3. The third-order valence-electron chi connectivity index (χ3n) is 9.11. The molecule has 0 unspecified atom stereocenters. The van der Waals surface area contributed by atoms with Crippen molar-refractivity contribution in [3.8, 4) is 24.7 Å². The summed E-state index contributed by atoms with van der Waals surface area (Å²) in [6.07, 6.45) is 9.22. The smallest absolute Gasteiger partial charge is 0.312 e. The number of halogens is 3. The lowest BCUT2D eigenvalue weighted by molar-refractivity contribution is -0.0891. The highest BCUT2D eigenvalue weighted by atomic mass is 35.6. The molecule has 7 N–H and O–H groups in total. The van der Waals surface area contributed by atoms with E-state index in [1.54, 1.807) is 0 Å². The minimum absolute atomic E-state index is 0.0477. The zero-order valence-electron chi connectivity index (χ0n) is 28.5. The average molecular weight is 735 g/mol. The van der Waals surface area contributed by atoms with Gasteiger partial charge >= 0.3 is 12.2 Å². The molecule has 0 radical (unpaired) electrons. The van der Waals surface area contributed by atoms with Crippen molar-refractivity contribution in [2.45, 2.75) is 101 Å². The van der Waals surface area contributed by atoms with E-state index in [2.05, 4.69) is 75.6 Å². The Hall–Kier alpha value is -4.01. The van der Waals surface area contributed by atoms with Crippen molar-refractivity contribution in [1.82, 2.24) is 39.0 Å². The Labute approximate surface area is 293 Å². The quantitative estimate of drug-likeness (QED) is 0.0883. The summed E-state index contributed by atoms with van der Waals surface area (Å²) in [4.78, 5) is 22.2. The van der Waals surface area contributed by atoms with Crippen molar-refractivity contribution >= 4 is 52.4 Å². The first-order valence-electron chi connectivity index (χ1n) is 15.5. The Morgan fingerprint density at radius 3 is 1.58 bits per heavy atom. The molecule has 2 aliphatic rings. The fourth-order valence-corrected chi connectivity index (χ4v) is 4.95. The zero-order chi connectivity index (χ0) is 37.4. The number of hydrogen-bond acceptors (Lipinski definition) is 13. The van der Waals surface area contributed by atoms with E-state index in [1.807, 2.05) is 6.92 Å². The third-order valence-corrected chi connectivity index (χ3v) is 14.4. The lowest BCUT2D eigenvalue weighted by atomic mass is 9.95.